The first-order valence-electron chi connectivity index (χ1n) is 37.0. The Hall–Kier alpha value is -8.38. The third-order valence-corrected chi connectivity index (χ3v) is 22.0. The number of rotatable bonds is 49. The van der Waals surface area contributed by atoms with E-state index in [2.05, 4.69) is 46.6 Å². The van der Waals surface area contributed by atoms with Gasteiger partial charge in [0.2, 0.25) is 39.1 Å². The number of sulfonamides is 1. The second kappa shape index (κ2) is 47.9. The number of imidazole rings is 1. The van der Waals surface area contributed by atoms with Gasteiger partial charge in [-0.3, -0.25) is 67.5 Å². The third-order valence-electron chi connectivity index (χ3n) is 18.1. The molecule has 2 saturated heterocycles. The number of carboxylic acid groups (broad SMARTS) is 4. The minimum atomic E-state index is -4.73. The Bertz CT molecular complexity index is 4010. The smallest absolute Gasteiger partial charge is 0.323 e. The zero-order valence-corrected chi connectivity index (χ0v) is 66.9. The van der Waals surface area contributed by atoms with Crippen LogP contribution < -0.4 is 46.8 Å². The molecule has 4 heterocycles. The largest absolute Gasteiger partial charge is 0.494 e. The molecule has 0 bridgehead atoms. The molecule has 2 fully saturated rings. The normalized spacial score (nSPS) is 18.7. The summed E-state index contributed by atoms with van der Waals surface area (Å²) in [4.78, 5) is 141. The number of nitrogens with one attached hydrogen (secondary N) is 8. The van der Waals surface area contributed by atoms with E-state index in [1.807, 2.05) is 0 Å². The Kier molecular flexibility index (Phi) is 39.8. The number of aliphatic hydroxyl groups excluding tert-OH is 2. The van der Waals surface area contributed by atoms with Crippen molar-refractivity contribution in [2.24, 2.45) is 7.05 Å². The number of aromatic nitrogens is 3. The highest BCUT2D eigenvalue weighted by molar-refractivity contribution is 8.20. The van der Waals surface area contributed by atoms with Crippen molar-refractivity contribution in [2.75, 3.05) is 169 Å². The van der Waals surface area contributed by atoms with E-state index in [0.717, 1.165) is 5.56 Å². The number of aliphatic hydroxyl groups is 2. The van der Waals surface area contributed by atoms with Gasteiger partial charge in [-0.1, -0.05) is 6.07 Å². The van der Waals surface area contributed by atoms with Crippen LogP contribution in [0.3, 0.4) is 0 Å². The summed E-state index contributed by atoms with van der Waals surface area (Å²) in [7, 11) is -12.0. The van der Waals surface area contributed by atoms with Gasteiger partial charge in [-0.25, -0.2) is 13.4 Å². The lowest BCUT2D eigenvalue weighted by atomic mass is 10.0. The summed E-state index contributed by atoms with van der Waals surface area (Å²) in [6, 6.07) is 4.81. The van der Waals surface area contributed by atoms with E-state index >= 15 is 0 Å². The molecule has 0 spiro atoms. The molecule has 0 saturated carbocycles. The van der Waals surface area contributed by atoms with Crippen LogP contribution in [0.25, 0.3) is 10.9 Å². The average Bonchev–Trinajstić information content (AvgIpc) is 0.800. The van der Waals surface area contributed by atoms with Gasteiger partial charge >= 0.3 is 23.9 Å². The number of carbonyl (C=O) groups excluding carboxylic acids is 5. The van der Waals surface area contributed by atoms with Crippen LogP contribution in [-0.4, -0.2) is 359 Å². The van der Waals surface area contributed by atoms with E-state index in [0.29, 0.717) is 49.8 Å². The summed E-state index contributed by atoms with van der Waals surface area (Å²) in [5, 5.41) is 74.3. The highest BCUT2D eigenvalue weighted by Gasteiger charge is 2.53. The van der Waals surface area contributed by atoms with Crippen LogP contribution in [0.15, 0.2) is 58.6 Å². The number of hydrogen-bond acceptors (Lipinski definition) is 32. The lowest BCUT2D eigenvalue weighted by Crippen LogP contribution is -2.60. The molecule has 116 heavy (non-hydrogen) atoms. The molecule has 47 heteroatoms. The number of aliphatic carboxylic acids is 4. The molecular formula is C69H108N14O30S3. The van der Waals surface area contributed by atoms with Gasteiger partial charge in [0.05, 0.1) is 104 Å². The second-order valence-corrected chi connectivity index (χ2v) is 32.3. The Morgan fingerprint density at radius 1 is 0.638 bits per heavy atom. The van der Waals surface area contributed by atoms with Crippen LogP contribution in [0.4, 0.5) is 5.95 Å². The molecule has 6 rings (SSSR count). The van der Waals surface area contributed by atoms with Crippen molar-refractivity contribution >= 4 is 102 Å². The molecule has 0 aliphatic carbocycles. The number of nitrogens with zero attached hydrogens (tertiary/aromatic N) is 6. The molecule has 20 N–H and O–H groups in total. The zero-order valence-electron chi connectivity index (χ0n) is 64.4. The van der Waals surface area contributed by atoms with Crippen LogP contribution in [-0.2, 0) is 85.7 Å². The monoisotopic (exact) mass is 1710 g/mol. The fourth-order valence-corrected chi connectivity index (χ4v) is 15.9. The van der Waals surface area contributed by atoms with Gasteiger partial charge in [0.1, 0.15) is 47.0 Å². The number of carboxylic acids is 4. The summed E-state index contributed by atoms with van der Waals surface area (Å²) in [5.74, 6) is -8.49. The standard InChI is InChI=1S/C69H108N14O30S3/c1-44-33-47(34-45(2)63(44)115(103,104)78-51(67(98)99)37-75-65(96)49-38-79(3)52-35-46(8-9-48(52)60(49)93)36-76-69-73-14-15-74-69)111-27-4-7-54(84)70-12-5-25-108-29-31-110-32-30-109-26-6-13-72-66(97)50(10-11-55(85)71-16-28-112-68-62(95)64(116(105,106)107)61(94)53(113-68)43-114(100,101)102)77-56(86)39-80-17-19-81(40-57(87)88)21-23-83(42-59(91)92)24-22-82(20-18-80)41-58(89)90/h8-9,14-15,33-35,38,50-51,53,61-62,64,68,78,94-95,100-102,105-107H,4-7,10-13,16-32,36-37,39-43H2,1-3H3,(H,70,84)(H,71,85)(H,72,97)(H,75,96)(H,77,86)(H,87,88)(H,89,90)(H,91,92)(H,98,99)(H2,73,74,76)/t50-,51+,53?,61?,62?,64?,68?/m1/s1. The van der Waals surface area contributed by atoms with Gasteiger partial charge in [-0.2, -0.15) is 4.72 Å². The molecular weight excluding hydrogens is 1600 g/mol. The summed E-state index contributed by atoms with van der Waals surface area (Å²) in [6.45, 7) is 2.87. The summed E-state index contributed by atoms with van der Waals surface area (Å²) >= 11 is 0. The maximum atomic E-state index is 13.9. The number of H-pyrrole nitrogens is 1. The number of aryl methyl sites for hydroxylation is 3. The maximum Gasteiger partial charge on any atom is 0.323 e. The quantitative estimate of drug-likeness (QED) is 0.0213. The van der Waals surface area contributed by atoms with E-state index in [9.17, 15) is 114 Å². The van der Waals surface area contributed by atoms with E-state index in [1.165, 1.54) is 32.2 Å². The molecule has 7 atom stereocenters. The summed E-state index contributed by atoms with van der Waals surface area (Å²) in [6.07, 6.45) is -2.81. The number of aromatic amines is 1. The predicted molar refractivity (Wildman–Crippen MR) is 417 cm³/mol. The average molecular weight is 1710 g/mol. The van der Waals surface area contributed by atoms with Crippen molar-refractivity contribution in [3.05, 3.63) is 81.4 Å². The number of amides is 5. The molecule has 4 aromatic rings. The Balaban J connectivity index is 0.875. The second-order valence-electron chi connectivity index (χ2n) is 27.4. The van der Waals surface area contributed by atoms with Crippen molar-refractivity contribution < 1.29 is 138 Å². The molecule has 5 unspecified atom stereocenters. The number of benzene rings is 2. The highest BCUT2D eigenvalue weighted by Crippen LogP contribution is 2.49. The van der Waals surface area contributed by atoms with Gasteiger partial charge in [0.15, 0.2) is 12.2 Å². The number of carbonyl (C=O) groups is 9. The summed E-state index contributed by atoms with van der Waals surface area (Å²) < 4.78 is 123. The number of pyridine rings is 1. The topological polar surface area (TPSA) is 634 Å². The van der Waals surface area contributed by atoms with E-state index in [1.54, 1.807) is 61.8 Å². The van der Waals surface area contributed by atoms with Crippen molar-refractivity contribution in [1.82, 2.24) is 65.4 Å². The van der Waals surface area contributed by atoms with E-state index < -0.39 is 165 Å². The molecule has 2 aliphatic rings. The molecule has 44 nitrogen and oxygen atoms in total. The van der Waals surface area contributed by atoms with Crippen LogP contribution in [0, 0.1) is 13.8 Å². The number of ether oxygens (including phenoxy) is 6. The molecule has 2 aliphatic heterocycles. The SMILES string of the molecule is Cc1cc(OCCCC(=O)NCCCOCCOCCOCCCNC(=O)[C@@H](CCC(=O)NCCOC2OC(CS(O)(O)O)C(O)C(S(O)(O)O)C2O)NC(=O)CN2CCN(CC(=O)O)CCN(CC(=O)O)CCN(CC(=O)O)CC2)cc(C)c1S(=O)(=O)N[C@@H](CNC(=O)c1cn(C)c2cc(CNc3ncc[nH]3)ccc2c1=O)C(=O)O. The van der Waals surface area contributed by atoms with Crippen LogP contribution in [0.2, 0.25) is 0 Å². The first-order chi connectivity index (χ1) is 54.9. The fourth-order valence-electron chi connectivity index (χ4n) is 12.4. The molecule has 2 aromatic heterocycles. The third kappa shape index (κ3) is 33.9. The predicted octanol–water partition coefficient (Wildman–Crippen LogP) is -1.99. The van der Waals surface area contributed by atoms with Gasteiger partial charge in [-0.15, -0.1) is 0 Å². The zero-order chi connectivity index (χ0) is 85.3. The number of hydrogen-bond donors (Lipinski definition) is 20. The lowest BCUT2D eigenvalue weighted by molar-refractivity contribution is -0.258. The van der Waals surface area contributed by atoms with Crippen molar-refractivity contribution in [1.29, 1.82) is 0 Å². The van der Waals surface area contributed by atoms with Crippen LogP contribution in [0.5, 0.6) is 5.75 Å². The fraction of sp³-hybridized carbons (Fsp3) is 0.609. The van der Waals surface area contributed by atoms with Gasteiger partial charge in [0.25, 0.3) is 5.91 Å². The van der Waals surface area contributed by atoms with Gasteiger partial charge < -0.3 is 128 Å². The lowest BCUT2D eigenvalue weighted by Gasteiger charge is -2.47. The van der Waals surface area contributed by atoms with Gasteiger partial charge in [-0.05, 0) is 80.5 Å². The highest BCUT2D eigenvalue weighted by atomic mass is 32.3. The minimum absolute atomic E-state index is 0.0447. The molecule has 5 amide bonds. The first kappa shape index (κ1) is 96.5. The van der Waals surface area contributed by atoms with Crippen molar-refractivity contribution in [3.63, 3.8) is 0 Å². The van der Waals surface area contributed by atoms with Crippen LogP contribution in [0.1, 0.15) is 65.6 Å². The Morgan fingerprint density at radius 2 is 1.18 bits per heavy atom. The van der Waals surface area contributed by atoms with Gasteiger partial charge in [0, 0.05) is 142 Å². The van der Waals surface area contributed by atoms with Crippen molar-refractivity contribution in [3.8, 4) is 5.75 Å². The Morgan fingerprint density at radius 3 is 1.72 bits per heavy atom. The van der Waals surface area contributed by atoms with Crippen molar-refractivity contribution in [2.45, 2.75) is 106 Å². The first-order valence-corrected chi connectivity index (χ1v) is 41.7. The number of anilines is 1. The van der Waals surface area contributed by atoms with E-state index in [-0.39, 0.29) is 170 Å². The Labute approximate surface area is 671 Å². The number of fused-ring (bicyclic) bond motifs is 1. The molecule has 0 radical (unpaired) electrons. The molecule has 652 valence electrons. The van der Waals surface area contributed by atoms with Crippen LogP contribution >= 0.6 is 21.7 Å². The molecule has 2 aromatic carbocycles. The summed E-state index contributed by atoms with van der Waals surface area (Å²) in [5.41, 5.74) is 0.919. The van der Waals surface area contributed by atoms with E-state index in [4.69, 9.17) is 28.4 Å². The minimum Gasteiger partial charge on any atom is -0.494 e. The maximum absolute atomic E-state index is 13.9.